The molecule has 6 heteroatoms. The molecule has 0 aromatic carbocycles. The minimum absolute atomic E-state index is 0.127. The fourth-order valence-electron chi connectivity index (χ4n) is 4.54. The average molecular weight is 395 g/mol. The molecule has 0 bridgehead atoms. The summed E-state index contributed by atoms with van der Waals surface area (Å²) in [5.41, 5.74) is 0.873. The summed E-state index contributed by atoms with van der Waals surface area (Å²) in [6.45, 7) is 2.22. The van der Waals surface area contributed by atoms with Crippen molar-refractivity contribution in [3.05, 3.63) is 23.3 Å². The van der Waals surface area contributed by atoms with Gasteiger partial charge in [-0.2, -0.15) is 0 Å². The Morgan fingerprint density at radius 1 is 0.964 bits per heavy atom. The van der Waals surface area contributed by atoms with Crippen LogP contribution in [-0.2, 0) is 9.53 Å². The van der Waals surface area contributed by atoms with E-state index in [0.29, 0.717) is 36.8 Å². The van der Waals surface area contributed by atoms with Gasteiger partial charge in [-0.05, 0) is 32.6 Å². The van der Waals surface area contributed by atoms with E-state index < -0.39 is 18.4 Å². The molecule has 1 heterocycles. The van der Waals surface area contributed by atoms with Crippen molar-refractivity contribution in [3.63, 3.8) is 0 Å². The van der Waals surface area contributed by atoms with Crippen LogP contribution >= 0.6 is 0 Å². The number of Topliss-reactive ketones (excluding diaryl/α,β-unsaturated/α-hetero) is 1. The summed E-state index contributed by atoms with van der Waals surface area (Å²) in [5.74, 6) is -0.754. The van der Waals surface area contributed by atoms with Gasteiger partial charge in [-0.25, -0.2) is 13.6 Å². The molecule has 0 spiro atoms. The summed E-state index contributed by atoms with van der Waals surface area (Å²) in [5, 5.41) is 0. The van der Waals surface area contributed by atoms with E-state index in [1.54, 1.807) is 19.1 Å². The summed E-state index contributed by atoms with van der Waals surface area (Å²) in [6.07, 6.45) is 7.13. The quantitative estimate of drug-likeness (QED) is 0.636. The summed E-state index contributed by atoms with van der Waals surface area (Å²) in [6, 6.07) is 0. The van der Waals surface area contributed by atoms with Crippen LogP contribution in [0.4, 0.5) is 13.6 Å². The first kappa shape index (κ1) is 21.0. The van der Waals surface area contributed by atoms with Crippen LogP contribution in [0.3, 0.4) is 0 Å². The van der Waals surface area contributed by atoms with E-state index in [4.69, 9.17) is 4.74 Å². The van der Waals surface area contributed by atoms with Crippen molar-refractivity contribution >= 4 is 11.9 Å². The Morgan fingerprint density at radius 3 is 1.86 bits per heavy atom. The maximum absolute atomic E-state index is 14.3. The molecule has 4 atom stereocenters. The topological polar surface area (TPSA) is 46.6 Å². The lowest BCUT2D eigenvalue weighted by Gasteiger charge is -2.32. The zero-order chi connectivity index (χ0) is 20.1. The second kappa shape index (κ2) is 9.66. The van der Waals surface area contributed by atoms with Crippen LogP contribution in [0.15, 0.2) is 23.3 Å². The second-order valence-electron chi connectivity index (χ2n) is 8.20. The van der Waals surface area contributed by atoms with Gasteiger partial charge in [0.1, 0.15) is 12.3 Å². The molecule has 0 aromatic rings. The molecule has 156 valence electrons. The molecule has 3 aliphatic rings. The van der Waals surface area contributed by atoms with Crippen molar-refractivity contribution in [2.75, 3.05) is 19.7 Å². The third-order valence-corrected chi connectivity index (χ3v) is 6.13. The molecule has 4 nitrogen and oxygen atoms in total. The van der Waals surface area contributed by atoms with E-state index in [0.717, 1.165) is 25.7 Å². The van der Waals surface area contributed by atoms with Crippen LogP contribution < -0.4 is 0 Å². The van der Waals surface area contributed by atoms with Gasteiger partial charge in [-0.15, -0.1) is 0 Å². The number of ketones is 1. The standard InChI is InChI=1S/C22H31F2NO3/c1-2-28-22(27)25-13-17(11-15-7-3-5-9-19(15)23)21(26)18(14-25)12-16-8-4-6-10-20(16)24/h11-12,15-16,19-20H,2-10,13-14H2,1H3/b17-11+,18-12+. The van der Waals surface area contributed by atoms with Gasteiger partial charge < -0.3 is 4.74 Å². The number of alkyl halides is 2. The molecular weight excluding hydrogens is 364 g/mol. The number of piperidine rings is 1. The van der Waals surface area contributed by atoms with Crippen molar-refractivity contribution in [1.29, 1.82) is 0 Å². The second-order valence-corrected chi connectivity index (χ2v) is 8.20. The summed E-state index contributed by atoms with van der Waals surface area (Å²) < 4.78 is 33.7. The highest BCUT2D eigenvalue weighted by molar-refractivity contribution is 6.10. The Kier molecular flexibility index (Phi) is 7.24. The number of nitrogens with zero attached hydrogens (tertiary/aromatic N) is 1. The van der Waals surface area contributed by atoms with Gasteiger partial charge in [-0.3, -0.25) is 9.69 Å². The van der Waals surface area contributed by atoms with Crippen molar-refractivity contribution in [2.45, 2.75) is 70.6 Å². The largest absolute Gasteiger partial charge is 0.450 e. The maximum Gasteiger partial charge on any atom is 0.410 e. The minimum atomic E-state index is -0.951. The van der Waals surface area contributed by atoms with Crippen LogP contribution in [0.2, 0.25) is 0 Å². The van der Waals surface area contributed by atoms with Gasteiger partial charge in [0.25, 0.3) is 0 Å². The predicted octanol–water partition coefficient (Wildman–Crippen LogP) is 4.94. The Labute approximate surface area is 166 Å². The molecular formula is C22H31F2NO3. The summed E-state index contributed by atoms with van der Waals surface area (Å²) >= 11 is 0. The lowest BCUT2D eigenvalue weighted by molar-refractivity contribution is -0.113. The molecule has 1 amide bonds. The normalized spacial score (nSPS) is 34.7. The van der Waals surface area contributed by atoms with Crippen LogP contribution in [0, 0.1) is 11.8 Å². The zero-order valence-electron chi connectivity index (χ0n) is 16.7. The van der Waals surface area contributed by atoms with Gasteiger partial charge in [-0.1, -0.05) is 37.8 Å². The highest BCUT2D eigenvalue weighted by Gasteiger charge is 2.33. The maximum atomic E-state index is 14.3. The number of carbonyl (C=O) groups is 2. The minimum Gasteiger partial charge on any atom is -0.450 e. The molecule has 4 unspecified atom stereocenters. The number of hydrogen-bond acceptors (Lipinski definition) is 3. The lowest BCUT2D eigenvalue weighted by Crippen LogP contribution is -2.42. The first-order valence-electron chi connectivity index (χ1n) is 10.7. The van der Waals surface area contributed by atoms with E-state index in [-0.39, 0.29) is 37.3 Å². The van der Waals surface area contributed by atoms with E-state index in [2.05, 4.69) is 0 Å². The van der Waals surface area contributed by atoms with E-state index >= 15 is 0 Å². The van der Waals surface area contributed by atoms with E-state index in [9.17, 15) is 18.4 Å². The van der Waals surface area contributed by atoms with Gasteiger partial charge in [0.15, 0.2) is 5.78 Å². The molecule has 1 saturated heterocycles. The molecule has 2 saturated carbocycles. The number of hydrogen-bond donors (Lipinski definition) is 0. The monoisotopic (exact) mass is 395 g/mol. The number of halogens is 2. The van der Waals surface area contributed by atoms with Gasteiger partial charge >= 0.3 is 6.09 Å². The summed E-state index contributed by atoms with van der Waals surface area (Å²) in [7, 11) is 0. The Balaban J connectivity index is 1.85. The highest BCUT2D eigenvalue weighted by Crippen LogP contribution is 2.33. The van der Waals surface area contributed by atoms with Crippen molar-refractivity contribution in [3.8, 4) is 0 Å². The molecule has 0 aromatic heterocycles. The van der Waals surface area contributed by atoms with Gasteiger partial charge in [0.2, 0.25) is 0 Å². The van der Waals surface area contributed by atoms with Gasteiger partial charge in [0.05, 0.1) is 19.7 Å². The van der Waals surface area contributed by atoms with E-state index in [1.165, 1.54) is 4.90 Å². The molecule has 2 aliphatic carbocycles. The number of rotatable bonds is 3. The third kappa shape index (κ3) is 5.00. The van der Waals surface area contributed by atoms with Crippen molar-refractivity contribution < 1.29 is 23.1 Å². The molecule has 3 fully saturated rings. The number of likely N-dealkylation sites (tertiary alicyclic amines) is 1. The third-order valence-electron chi connectivity index (χ3n) is 6.13. The molecule has 28 heavy (non-hydrogen) atoms. The number of amides is 1. The number of allylic oxidation sites excluding steroid dienone is 2. The molecule has 0 radical (unpaired) electrons. The van der Waals surface area contributed by atoms with Crippen LogP contribution in [-0.4, -0.2) is 48.8 Å². The molecule has 1 aliphatic heterocycles. The highest BCUT2D eigenvalue weighted by atomic mass is 19.1. The molecule has 3 rings (SSSR count). The number of ether oxygens (including phenoxy) is 1. The van der Waals surface area contributed by atoms with Crippen molar-refractivity contribution in [2.24, 2.45) is 11.8 Å². The Morgan fingerprint density at radius 2 is 1.43 bits per heavy atom. The van der Waals surface area contributed by atoms with Crippen molar-refractivity contribution in [1.82, 2.24) is 4.90 Å². The van der Waals surface area contributed by atoms with Crippen LogP contribution in [0.5, 0.6) is 0 Å². The smallest absolute Gasteiger partial charge is 0.410 e. The van der Waals surface area contributed by atoms with Crippen LogP contribution in [0.1, 0.15) is 58.3 Å². The fourth-order valence-corrected chi connectivity index (χ4v) is 4.54. The summed E-state index contributed by atoms with van der Waals surface area (Å²) in [4.78, 5) is 26.8. The van der Waals surface area contributed by atoms with Gasteiger partial charge in [0, 0.05) is 23.0 Å². The number of carbonyl (C=O) groups excluding carboxylic acids is 2. The van der Waals surface area contributed by atoms with E-state index in [1.807, 2.05) is 0 Å². The zero-order valence-corrected chi connectivity index (χ0v) is 16.7. The SMILES string of the molecule is CCOC(=O)N1C/C(=C\C2CCCCC2F)C(=O)/C(=C/C2CCCCC2F)C1. The molecule has 0 N–H and O–H groups in total. The Bertz CT molecular complexity index is 602. The first-order valence-corrected chi connectivity index (χ1v) is 10.7. The predicted molar refractivity (Wildman–Crippen MR) is 103 cm³/mol. The fraction of sp³-hybridized carbons (Fsp3) is 0.727. The Hall–Kier alpha value is -1.72. The average Bonchev–Trinajstić information content (AvgIpc) is 2.68. The lowest BCUT2D eigenvalue weighted by atomic mass is 9.82. The first-order chi connectivity index (χ1) is 13.5. The van der Waals surface area contributed by atoms with Crippen LogP contribution in [0.25, 0.3) is 0 Å².